The van der Waals surface area contributed by atoms with Gasteiger partial charge in [0.2, 0.25) is 0 Å². The van der Waals surface area contributed by atoms with Crippen molar-refractivity contribution in [1.29, 1.82) is 0 Å². The number of aromatic nitrogens is 20. The fourth-order valence-corrected chi connectivity index (χ4v) is 15.7. The molecule has 24 atom stereocenters. The molecule has 8 aliphatic rings. The fraction of sp³-hybridized carbons (Fsp3) is 0.583. The van der Waals surface area contributed by atoms with Gasteiger partial charge in [-0.25, -0.2) is 76.2 Å². The Kier molecular flexibility index (Phi) is 18.8. The van der Waals surface area contributed by atoms with Crippen LogP contribution in [0, 0.1) is 51.0 Å². The van der Waals surface area contributed by atoms with Crippen molar-refractivity contribution in [2.24, 2.45) is 0 Å². The summed E-state index contributed by atoms with van der Waals surface area (Å²) >= 11 is 1.22. The number of rotatable bonds is 40. The summed E-state index contributed by atoms with van der Waals surface area (Å²) in [6.07, 6.45) is -75.5. The third-order valence-corrected chi connectivity index (χ3v) is 24.1. The molecule has 0 amide bonds. The highest BCUT2D eigenvalue weighted by Crippen LogP contribution is 2.50. The first-order valence-electron chi connectivity index (χ1n) is 69.5. The number of aliphatic hydroxyl groups excluding tert-OH is 2. The molecule has 48 heteroatoms. The van der Waals surface area contributed by atoms with Crippen LogP contribution in [0.25, 0.3) is 44.7 Å². The molecule has 0 bridgehead atoms. The molecule has 0 radical (unpaired) electrons. The molecule has 20 rings (SSSR count). The van der Waals surface area contributed by atoms with Gasteiger partial charge in [-0.1, -0.05) is 144 Å². The molecule has 16 N–H and O–H groups in total. The average Bonchev–Trinajstić information content (AvgIpc) is 1.72. The SMILES string of the molecule is [2H]C([2H])(C)C([2H])([2H])Sc1nc(N[C@]2([2H])C[C@@]2([2H])c2ccc(C)c(F)c2)c2nnn([C@]3([2H])C([2H])([2H])[C@]([2H])(OC([2H])([2H])C([2H])([2H])O)[C@@]([2H])(O)[C@@]3([2H])O)c2n1.[2H]C([2H])(CO)O[C@@]1([2H])C([2H])([2H])[C@@]([2H])(n2nnc3c(N[C@]4([2H])C[C@@]4([2H])c4ccc(C)c(F)c4)nc(SC([2H])([2H])C([2H])([2H])C)nc32)[C@]([2H])(O)[C@]1([2H])O.[2H]C([2H])(O)CO[C@@]1([2H])C([2H])([2H])[C@@]([2H])(n2nnc3c(N[C@]4([2H])C[C@@]4([2H])c4ccc(C)c(F)c4)nc(SC([2H])([2H])C([2H])([2H])C)nc32)[C@]([2H])(O)[C@]1([2H])O.[2H]C1([2H])[C@@]([2H])(Nc2nc(SCCC)nc3c2nnn3[C@]2([2H])C([2H])([2H])[C@]([2H])(OCCO)[C@@]([2H])(O)[C@@]2([2H])O)[C@]1([2H])c1ccc(C)c(F)c1. The maximum Gasteiger partial charge on any atom is 0.191 e. The Hall–Kier alpha value is -9.52. The van der Waals surface area contributed by atoms with E-state index in [0.717, 1.165) is 56.8 Å². The molecule has 40 nitrogen and oxygen atoms in total. The first-order chi connectivity index (χ1) is 88.9. The lowest BCUT2D eigenvalue weighted by Crippen LogP contribution is -2.33. The van der Waals surface area contributed by atoms with Crippen molar-refractivity contribution in [3.63, 3.8) is 0 Å². The van der Waals surface area contributed by atoms with Crippen molar-refractivity contribution in [2.75, 3.05) is 96.8 Å². The number of aliphatic hydroxyl groups is 12. The van der Waals surface area contributed by atoms with Crippen LogP contribution in [0.5, 0.6) is 0 Å². The zero-order valence-corrected chi connectivity index (χ0v) is 79.1. The minimum absolute atomic E-state index is 0.0296. The van der Waals surface area contributed by atoms with Crippen molar-refractivity contribution in [3.8, 4) is 0 Å². The highest BCUT2D eigenvalue weighted by Gasteiger charge is 2.51. The Morgan fingerprint density at radius 2 is 0.667 bits per heavy atom. The number of hydrogen-bond donors (Lipinski definition) is 16. The standard InChI is InChI=1S/4C24H31FN6O4S/c4*1-3-8-36-24-27-22(26-16-10-14(16)13-5-4-12(2)15(25)9-13)19-23(28-24)31(30-29-19)17-11-18(35-7-6-32)21(34)20(17)33/h4*4-5,9,14,16-18,20-21,32-34H,3,6-8,10-11H2,1-2H3,(H,26,27,28)/t4*14-,16+,17+,18-,20-,21+/m0000/s1/i3D2,6D2,7D2,8D2,11D2,14D,16D,17D,18D,20D,21D;3D2,7D2,8D2,11D2,14D,16D,17D,18D,20D,21D;3D2,6D2,8D2,11D2,14D,16D,17D,18D,20D,21D;10D2,11D2,14D,16D,17D,18D,20D,21D. The van der Waals surface area contributed by atoms with Gasteiger partial charge < -0.3 is 101 Å². The summed E-state index contributed by atoms with van der Waals surface area (Å²) < 4.78 is 530. The maximum absolute atomic E-state index is 14.5. The highest BCUT2D eigenvalue weighted by molar-refractivity contribution is 7.99. The Morgan fingerprint density at radius 3 is 0.958 bits per heavy atom. The molecule has 12 aromatic rings. The molecule has 776 valence electrons. The van der Waals surface area contributed by atoms with Crippen LogP contribution in [0.4, 0.5) is 40.8 Å². The fourth-order valence-electron chi connectivity index (χ4n) is 13.6. The van der Waals surface area contributed by atoms with Gasteiger partial charge in [-0.05, 0) is 148 Å². The molecular formula is C96H124F4N24O16S4. The topological polar surface area (TPSA) is 554 Å². The quantitative estimate of drug-likeness (QED) is 0.00969. The molecule has 4 aromatic carbocycles. The minimum Gasteiger partial charge on any atom is -0.394 e. The van der Waals surface area contributed by atoms with Gasteiger partial charge in [0.25, 0.3) is 0 Å². The predicted molar refractivity (Wildman–Crippen MR) is 530 cm³/mol. The van der Waals surface area contributed by atoms with E-state index in [1.165, 1.54) is 76.2 Å². The summed E-state index contributed by atoms with van der Waals surface area (Å²) in [5.74, 6) is -12.1. The van der Waals surface area contributed by atoms with Crippen LogP contribution >= 0.6 is 47.0 Å². The summed E-state index contributed by atoms with van der Waals surface area (Å²) in [5, 5.41) is 164. The first-order valence-corrected chi connectivity index (χ1v) is 45.9. The third kappa shape index (κ3) is 23.8. The van der Waals surface area contributed by atoms with Crippen molar-refractivity contribution in [2.45, 2.75) is 297 Å². The second-order valence-corrected chi connectivity index (χ2v) is 34.1. The zero-order valence-electron chi connectivity index (χ0n) is 130. The Bertz CT molecular complexity index is 9480. The molecule has 8 heterocycles. The summed E-state index contributed by atoms with van der Waals surface area (Å²) in [6.45, 7) is -9.05. The van der Waals surface area contributed by atoms with Crippen LogP contribution in [0.3, 0.4) is 0 Å². The van der Waals surface area contributed by atoms with E-state index in [9.17, 15) is 78.8 Å². The van der Waals surface area contributed by atoms with Crippen molar-refractivity contribution < 1.29 is 172 Å². The second kappa shape index (κ2) is 47.3. The number of hydrogen-bond acceptors (Lipinski definition) is 40. The number of anilines is 4. The molecule has 0 aliphatic heterocycles. The highest BCUT2D eigenvalue weighted by atomic mass is 32.2. The van der Waals surface area contributed by atoms with Gasteiger partial charge in [-0.15, -0.1) is 20.4 Å². The van der Waals surface area contributed by atoms with Gasteiger partial charge in [0.15, 0.2) is 88.6 Å². The van der Waals surface area contributed by atoms with Crippen molar-refractivity contribution in [1.82, 2.24) is 99.8 Å². The molecule has 0 saturated heterocycles. The molecule has 8 aliphatic carbocycles. The predicted octanol–water partition coefficient (Wildman–Crippen LogP) is 8.73. The van der Waals surface area contributed by atoms with E-state index < -0.39 is 372 Å². The van der Waals surface area contributed by atoms with Gasteiger partial charge in [0.05, 0.1) is 139 Å². The van der Waals surface area contributed by atoms with Gasteiger partial charge in [0.1, 0.15) is 71.9 Å². The Balaban J connectivity index is 0.000000171. The van der Waals surface area contributed by atoms with Gasteiger partial charge in [-0.2, -0.15) is 0 Å². The summed E-state index contributed by atoms with van der Waals surface area (Å²) in [6, 6.07) is -8.63. The van der Waals surface area contributed by atoms with Crippen LogP contribution < -0.4 is 21.3 Å². The Morgan fingerprint density at radius 1 is 0.368 bits per heavy atom. The maximum atomic E-state index is 14.5. The van der Waals surface area contributed by atoms with E-state index in [-0.39, 0.29) is 123 Å². The largest absolute Gasteiger partial charge is 0.394 e. The number of aryl methyl sites for hydroxylation is 4. The smallest absolute Gasteiger partial charge is 0.191 e. The number of thioether (sulfide) groups is 4. The van der Waals surface area contributed by atoms with Crippen LogP contribution in [0.1, 0.15) is 271 Å². The molecule has 144 heavy (non-hydrogen) atoms. The number of nitrogens with one attached hydrogen (secondary N) is 4. The number of benzene rings is 4. The van der Waals surface area contributed by atoms with Crippen LogP contribution in [0.15, 0.2) is 93.4 Å². The number of nitrogens with zero attached hydrogens (tertiary/aromatic N) is 20. The molecule has 0 unspecified atom stereocenters. The normalized spacial score (nSPS) is 48.1. The van der Waals surface area contributed by atoms with Crippen LogP contribution in [-0.4, -0.2) is 334 Å². The van der Waals surface area contributed by atoms with E-state index >= 15 is 0 Å². The molecule has 8 aromatic heterocycles. The van der Waals surface area contributed by atoms with E-state index in [2.05, 4.69) is 112 Å². The average molecular weight is 2130 g/mol. The number of fused-ring (bicyclic) bond motifs is 4. The summed E-state index contributed by atoms with van der Waals surface area (Å²) in [7, 11) is 0. The summed E-state index contributed by atoms with van der Waals surface area (Å²) in [5.41, 5.74) is -12.7. The van der Waals surface area contributed by atoms with Gasteiger partial charge >= 0.3 is 0 Å². The van der Waals surface area contributed by atoms with Gasteiger partial charge in [0, 0.05) is 132 Å². The van der Waals surface area contributed by atoms with E-state index in [4.69, 9.17) is 83.5 Å². The lowest BCUT2D eigenvalue weighted by Gasteiger charge is -2.17. The Labute approximate surface area is 919 Å². The van der Waals surface area contributed by atoms with Crippen molar-refractivity contribution >= 4 is 115 Å². The lowest BCUT2D eigenvalue weighted by molar-refractivity contribution is -0.0629. The first kappa shape index (κ1) is 57.3. The second-order valence-electron chi connectivity index (χ2n) is 30.7. The van der Waals surface area contributed by atoms with E-state index in [1.807, 2.05) is 6.92 Å². The summed E-state index contributed by atoms with van der Waals surface area (Å²) in [4.78, 5) is 32.9. The molecular weight excluding hydrogens is 1950 g/mol. The lowest BCUT2D eigenvalue weighted by atomic mass is 10.1. The number of halogens is 4. The van der Waals surface area contributed by atoms with Crippen molar-refractivity contribution in [3.05, 3.63) is 141 Å². The monoisotopic (exact) mass is 2130 g/mol. The van der Waals surface area contributed by atoms with Crippen LogP contribution in [-0.2, 0) is 18.9 Å². The van der Waals surface area contributed by atoms with E-state index in [0.29, 0.717) is 12.2 Å². The minimum atomic E-state index is -4.42. The van der Waals surface area contributed by atoms with Crippen LogP contribution in [0.2, 0.25) is 0 Å². The zero-order chi connectivity index (χ0) is 151. The molecule has 0 spiro atoms. The van der Waals surface area contributed by atoms with Gasteiger partial charge in [-0.3, -0.25) is 0 Å². The third-order valence-electron chi connectivity index (χ3n) is 21.1. The molecule has 8 saturated carbocycles. The van der Waals surface area contributed by atoms with E-state index in [1.54, 1.807) is 0 Å². The molecule has 8 fully saturated rings. The number of ether oxygens (including phenoxy) is 4.